The van der Waals surface area contributed by atoms with Crippen LogP contribution in [0.1, 0.15) is 21.5 Å². The molecule has 17 rings (SSSR count). The number of rotatable bonds is 9. The molecule has 17 aromatic rings. The Hall–Kier alpha value is -11.8. The molecule has 0 saturated heterocycles. The van der Waals surface area contributed by atoms with Crippen molar-refractivity contribution in [2.45, 2.75) is 0 Å². The zero-order chi connectivity index (χ0) is 59.9. The van der Waals surface area contributed by atoms with E-state index in [9.17, 15) is 4.79 Å². The topological polar surface area (TPSA) is 17.1 Å². The van der Waals surface area contributed by atoms with Gasteiger partial charge in [0.2, 0.25) is 0 Å². The van der Waals surface area contributed by atoms with Gasteiger partial charge in [0.25, 0.3) is 0 Å². The van der Waals surface area contributed by atoms with Crippen molar-refractivity contribution in [1.82, 2.24) is 0 Å². The van der Waals surface area contributed by atoms with Gasteiger partial charge in [0.1, 0.15) is 6.29 Å². The summed E-state index contributed by atoms with van der Waals surface area (Å²) in [6.45, 7) is 0. The predicted molar refractivity (Wildman–Crippen MR) is 386 cm³/mol. The van der Waals surface area contributed by atoms with Gasteiger partial charge in [0.15, 0.2) is 0 Å². The minimum Gasteiger partial charge on any atom is -0.298 e. The number of aldehydes is 1. The highest BCUT2D eigenvalue weighted by molar-refractivity contribution is 6.24. The van der Waals surface area contributed by atoms with E-state index < -0.39 is 0 Å². The molecule has 0 N–H and O–H groups in total. The Morgan fingerprint density at radius 2 is 0.444 bits per heavy atom. The van der Waals surface area contributed by atoms with Gasteiger partial charge >= 0.3 is 0 Å². The van der Waals surface area contributed by atoms with Crippen molar-refractivity contribution < 1.29 is 4.79 Å². The molecule has 0 aromatic heterocycles. The largest absolute Gasteiger partial charge is 0.298 e. The van der Waals surface area contributed by atoms with E-state index in [1.165, 1.54) is 153 Å². The minimum absolute atomic E-state index is 0.678. The van der Waals surface area contributed by atoms with E-state index in [0.717, 1.165) is 17.4 Å². The molecule has 0 fully saturated rings. The van der Waals surface area contributed by atoms with Gasteiger partial charge in [-0.3, -0.25) is 4.79 Å². The number of fused-ring (bicyclic) bond motifs is 8. The van der Waals surface area contributed by atoms with Crippen molar-refractivity contribution >= 4 is 105 Å². The molecule has 0 radical (unpaired) electrons. The van der Waals surface area contributed by atoms with E-state index in [-0.39, 0.29) is 0 Å². The second kappa shape index (κ2) is 23.2. The van der Waals surface area contributed by atoms with Gasteiger partial charge in [-0.25, -0.2) is 0 Å². The summed E-state index contributed by atoms with van der Waals surface area (Å²) < 4.78 is 0. The van der Waals surface area contributed by atoms with Gasteiger partial charge in [0.05, 0.1) is 0 Å². The molecule has 0 amide bonds. The fourth-order valence-electron chi connectivity index (χ4n) is 13.7. The van der Waals surface area contributed by atoms with Gasteiger partial charge in [-0.05, 0) is 213 Å². The van der Waals surface area contributed by atoms with Gasteiger partial charge in [-0.15, -0.1) is 0 Å². The molecule has 0 aliphatic rings. The Kier molecular flexibility index (Phi) is 13.8. The Morgan fingerprint density at radius 3 is 0.833 bits per heavy atom. The number of hydrogen-bond donors (Lipinski definition) is 0. The molecule has 0 bridgehead atoms. The fourth-order valence-corrected chi connectivity index (χ4v) is 13.7. The first-order valence-corrected chi connectivity index (χ1v) is 30.9. The number of carbonyl (C=O) groups is 1. The van der Waals surface area contributed by atoms with E-state index >= 15 is 0 Å². The lowest BCUT2D eigenvalue weighted by Gasteiger charge is -2.19. The van der Waals surface area contributed by atoms with Crippen molar-refractivity contribution in [3.05, 3.63) is 350 Å². The van der Waals surface area contributed by atoms with Crippen molar-refractivity contribution in [2.75, 3.05) is 0 Å². The van der Waals surface area contributed by atoms with Crippen LogP contribution >= 0.6 is 0 Å². The number of hydrogen-bond acceptors (Lipinski definition) is 1. The van der Waals surface area contributed by atoms with Gasteiger partial charge in [-0.1, -0.05) is 297 Å². The fraction of sp³-hybridized carbons (Fsp3) is 0. The molecule has 0 aliphatic carbocycles. The molecular formula is C89H58O. The third kappa shape index (κ3) is 10.0. The lowest BCUT2D eigenvalue weighted by atomic mass is 9.84. The maximum Gasteiger partial charge on any atom is 0.150 e. The Bertz CT molecular complexity index is 5690. The third-order valence-corrected chi connectivity index (χ3v) is 18.0. The zero-order valence-corrected chi connectivity index (χ0v) is 49.4. The molecule has 1 heteroatoms. The van der Waals surface area contributed by atoms with Crippen LogP contribution in [0.4, 0.5) is 0 Å². The van der Waals surface area contributed by atoms with Gasteiger partial charge < -0.3 is 0 Å². The average Bonchev–Trinajstić information content (AvgIpc) is 1.05. The van der Waals surface area contributed by atoms with Crippen LogP contribution in [0.3, 0.4) is 0 Å². The van der Waals surface area contributed by atoms with E-state index in [2.05, 4.69) is 328 Å². The first-order chi connectivity index (χ1) is 44.5. The lowest BCUT2D eigenvalue weighted by Crippen LogP contribution is -1.92. The monoisotopic (exact) mass is 1140 g/mol. The van der Waals surface area contributed by atoms with Crippen LogP contribution in [0.5, 0.6) is 0 Å². The van der Waals surface area contributed by atoms with Crippen LogP contribution in [0.15, 0.2) is 334 Å². The van der Waals surface area contributed by atoms with Crippen LogP contribution in [0.25, 0.3) is 165 Å². The molecule has 17 aromatic carbocycles. The van der Waals surface area contributed by atoms with Crippen molar-refractivity contribution in [3.8, 4) is 66.8 Å². The molecule has 0 atom stereocenters. The third-order valence-electron chi connectivity index (χ3n) is 18.0. The van der Waals surface area contributed by atoms with Gasteiger partial charge in [0, 0.05) is 5.56 Å². The molecular weight excluding hydrogens is 1080 g/mol. The zero-order valence-electron chi connectivity index (χ0n) is 49.4. The van der Waals surface area contributed by atoms with E-state index in [1.807, 2.05) is 18.2 Å². The molecule has 0 unspecified atom stereocenters. The maximum absolute atomic E-state index is 11.6. The normalized spacial score (nSPS) is 11.6. The molecule has 1 nitrogen and oxygen atoms in total. The summed E-state index contributed by atoms with van der Waals surface area (Å²) in [5.74, 6) is 0. The Balaban J connectivity index is 0.000000145. The quantitative estimate of drug-likeness (QED) is 0.0800. The maximum atomic E-state index is 11.6. The van der Waals surface area contributed by atoms with Crippen LogP contribution in [-0.2, 0) is 0 Å². The van der Waals surface area contributed by atoms with E-state index in [1.54, 1.807) is 0 Å². The highest BCUT2D eigenvalue weighted by atomic mass is 16.1. The molecule has 90 heavy (non-hydrogen) atoms. The second-order valence-electron chi connectivity index (χ2n) is 23.5. The van der Waals surface area contributed by atoms with Crippen LogP contribution < -0.4 is 0 Å². The summed E-state index contributed by atoms with van der Waals surface area (Å²) in [6.07, 6.45) is 5.29. The number of carbonyl (C=O) groups excluding carboxylic acids is 1. The summed E-state index contributed by atoms with van der Waals surface area (Å²) in [6, 6.07) is 120. The lowest BCUT2D eigenvalue weighted by molar-refractivity contribution is 0.112. The molecule has 0 heterocycles. The van der Waals surface area contributed by atoms with Crippen molar-refractivity contribution in [2.24, 2.45) is 0 Å². The molecule has 0 saturated carbocycles. The predicted octanol–water partition coefficient (Wildman–Crippen LogP) is 24.6. The van der Waals surface area contributed by atoms with Crippen LogP contribution in [0, 0.1) is 0 Å². The summed E-state index contributed by atoms with van der Waals surface area (Å²) in [4.78, 5) is 11.6. The SMILES string of the molecule is C(=C\c1cccc(-c2ccc3c(-c4ccc5ccccc5c4)c4ccccc4c(-c4ccc5ccccc5c4)c3c2)c1)/c1ccccc1.O=Cc1cccc(-c2ccc3c(-c4ccc5ccccc5c4)c4ccccc4c(-c4ccc5ccccc5c4)c3c2)c1. The highest BCUT2D eigenvalue weighted by Gasteiger charge is 2.21. The number of benzene rings is 17. The van der Waals surface area contributed by atoms with Gasteiger partial charge in [-0.2, -0.15) is 0 Å². The summed E-state index contributed by atoms with van der Waals surface area (Å²) >= 11 is 0. The summed E-state index contributed by atoms with van der Waals surface area (Å²) in [5, 5.41) is 19.8. The van der Waals surface area contributed by atoms with Crippen LogP contribution in [-0.4, -0.2) is 6.29 Å². The molecule has 0 spiro atoms. The van der Waals surface area contributed by atoms with E-state index in [4.69, 9.17) is 0 Å². The van der Waals surface area contributed by atoms with Crippen molar-refractivity contribution in [3.63, 3.8) is 0 Å². The standard InChI is InChI=1S/C48H32.C41H26O/c1-2-11-33(12-3-1)21-22-34-13-10-18-37(29-34)40-27-28-45-46(32-40)48(42-26-24-36-15-5-7-17-39(36)31-42)44-20-9-8-19-43(44)47(45)41-25-23-35-14-4-6-16-38(35)30-41;42-26-27-8-7-13-30(22-27)33-20-21-38-39(25-33)41(35-19-17-29-10-2-4-12-32(29)24-35)37-15-6-5-14-36(37)40(38)34-18-16-28-9-1-3-11-31(28)23-34/h1-32H;1-26H/b22-21+;. The summed E-state index contributed by atoms with van der Waals surface area (Å²) in [5.41, 5.74) is 17.5. The van der Waals surface area contributed by atoms with Crippen molar-refractivity contribution in [1.29, 1.82) is 0 Å². The highest BCUT2D eigenvalue weighted by Crippen LogP contribution is 2.48. The summed E-state index contributed by atoms with van der Waals surface area (Å²) in [7, 11) is 0. The second-order valence-corrected chi connectivity index (χ2v) is 23.5. The van der Waals surface area contributed by atoms with E-state index in [0.29, 0.717) is 5.56 Å². The van der Waals surface area contributed by atoms with Crippen LogP contribution in [0.2, 0.25) is 0 Å². The Morgan fingerprint density at radius 1 is 0.167 bits per heavy atom. The smallest absolute Gasteiger partial charge is 0.150 e. The molecule has 420 valence electrons. The average molecular weight is 1140 g/mol. The molecule has 0 aliphatic heterocycles. The first kappa shape index (κ1) is 53.7. The Labute approximate surface area is 523 Å². The first-order valence-electron chi connectivity index (χ1n) is 30.9. The minimum atomic E-state index is 0.678.